The van der Waals surface area contributed by atoms with E-state index in [1.165, 1.54) is 11.8 Å². The lowest BCUT2D eigenvalue weighted by molar-refractivity contribution is -0.113. The molecule has 0 fully saturated rings. The van der Waals surface area contributed by atoms with Gasteiger partial charge in [-0.15, -0.1) is 11.8 Å². The maximum absolute atomic E-state index is 11.9. The molecule has 24 heavy (non-hydrogen) atoms. The van der Waals surface area contributed by atoms with Gasteiger partial charge in [0.05, 0.1) is 25.2 Å². The Morgan fingerprint density at radius 2 is 1.92 bits per heavy atom. The van der Waals surface area contributed by atoms with Gasteiger partial charge in [0.15, 0.2) is 0 Å². The minimum Gasteiger partial charge on any atom is -0.497 e. The number of thioether (sulfide) groups is 1. The van der Waals surface area contributed by atoms with E-state index in [-0.39, 0.29) is 17.4 Å². The first-order chi connectivity index (χ1) is 11.6. The Hall–Kier alpha value is -2.41. The van der Waals surface area contributed by atoms with Gasteiger partial charge in [-0.1, -0.05) is 0 Å². The Bertz CT molecular complexity index is 681. The van der Waals surface area contributed by atoms with E-state index >= 15 is 0 Å². The molecule has 2 rings (SSSR count). The lowest BCUT2D eigenvalue weighted by Gasteiger charge is -2.05. The van der Waals surface area contributed by atoms with Crippen molar-refractivity contribution in [2.45, 2.75) is 12.7 Å². The number of carbonyl (C=O) groups excluding carboxylic acids is 2. The predicted octanol–water partition coefficient (Wildman–Crippen LogP) is 3.34. The summed E-state index contributed by atoms with van der Waals surface area (Å²) in [5, 5.41) is 2.80. The number of carbonyl (C=O) groups is 2. The number of ether oxygens (including phenoxy) is 2. The summed E-state index contributed by atoms with van der Waals surface area (Å²) in [7, 11) is 1.59. The third-order valence-electron chi connectivity index (χ3n) is 2.99. The van der Waals surface area contributed by atoms with E-state index in [1.54, 1.807) is 50.4 Å². The maximum atomic E-state index is 11.9. The highest BCUT2D eigenvalue weighted by Crippen LogP contribution is 2.18. The van der Waals surface area contributed by atoms with Crippen molar-refractivity contribution in [3.8, 4) is 5.75 Å². The van der Waals surface area contributed by atoms with Crippen LogP contribution in [0.25, 0.3) is 0 Å². The fourth-order valence-corrected chi connectivity index (χ4v) is 2.60. The lowest BCUT2D eigenvalue weighted by Crippen LogP contribution is -2.14. The summed E-state index contributed by atoms with van der Waals surface area (Å²) in [5.74, 6) is 1.72. The van der Waals surface area contributed by atoms with Gasteiger partial charge in [-0.05, 0) is 43.3 Å². The number of benzene rings is 1. The van der Waals surface area contributed by atoms with Crippen LogP contribution in [0.1, 0.15) is 23.2 Å². The molecule has 1 aromatic carbocycles. The number of furan rings is 1. The summed E-state index contributed by atoms with van der Waals surface area (Å²) in [5.41, 5.74) is 0.712. The molecule has 0 bridgehead atoms. The first kappa shape index (κ1) is 17.9. The van der Waals surface area contributed by atoms with E-state index in [0.29, 0.717) is 23.8 Å². The van der Waals surface area contributed by atoms with E-state index in [1.807, 2.05) is 0 Å². The Kier molecular flexibility index (Phi) is 6.74. The van der Waals surface area contributed by atoms with Crippen LogP contribution in [0.5, 0.6) is 5.75 Å². The highest BCUT2D eigenvalue weighted by atomic mass is 32.2. The molecule has 1 amide bonds. The van der Waals surface area contributed by atoms with Crippen molar-refractivity contribution in [3.63, 3.8) is 0 Å². The summed E-state index contributed by atoms with van der Waals surface area (Å²) in [6.07, 6.45) is 0. The first-order valence-corrected chi connectivity index (χ1v) is 8.55. The molecule has 0 atom stereocenters. The molecule has 0 aliphatic heterocycles. The standard InChI is InChI=1S/C17H19NO5S/c1-3-22-17(20)15-9-8-14(23-15)10-24-11-16(19)18-12-4-6-13(21-2)7-5-12/h4-9H,3,10-11H2,1-2H3,(H,18,19). The number of hydrogen-bond acceptors (Lipinski definition) is 6. The Morgan fingerprint density at radius 1 is 1.17 bits per heavy atom. The van der Waals surface area contributed by atoms with Gasteiger partial charge in [-0.3, -0.25) is 4.79 Å². The SMILES string of the molecule is CCOC(=O)c1ccc(CSCC(=O)Nc2ccc(OC)cc2)o1. The topological polar surface area (TPSA) is 77.8 Å². The van der Waals surface area contributed by atoms with Crippen molar-refractivity contribution in [2.75, 3.05) is 24.8 Å². The van der Waals surface area contributed by atoms with Crippen molar-refractivity contribution in [2.24, 2.45) is 0 Å². The van der Waals surface area contributed by atoms with Crippen molar-refractivity contribution in [1.82, 2.24) is 0 Å². The van der Waals surface area contributed by atoms with Crippen LogP contribution in [0.2, 0.25) is 0 Å². The number of rotatable bonds is 8. The zero-order valence-electron chi connectivity index (χ0n) is 13.5. The zero-order valence-corrected chi connectivity index (χ0v) is 14.4. The summed E-state index contributed by atoms with van der Waals surface area (Å²) >= 11 is 1.40. The Labute approximate surface area is 144 Å². The molecule has 128 valence electrons. The predicted molar refractivity (Wildman–Crippen MR) is 92.5 cm³/mol. The van der Waals surface area contributed by atoms with E-state index in [2.05, 4.69) is 5.32 Å². The van der Waals surface area contributed by atoms with Crippen LogP contribution in [0.4, 0.5) is 5.69 Å². The summed E-state index contributed by atoms with van der Waals surface area (Å²) in [4.78, 5) is 23.4. The molecule has 0 saturated carbocycles. The van der Waals surface area contributed by atoms with Crippen LogP contribution in [-0.2, 0) is 15.3 Å². The minimum absolute atomic E-state index is 0.109. The van der Waals surface area contributed by atoms with Gasteiger partial charge in [0.2, 0.25) is 11.7 Å². The Morgan fingerprint density at radius 3 is 2.58 bits per heavy atom. The van der Waals surface area contributed by atoms with Gasteiger partial charge >= 0.3 is 5.97 Å². The van der Waals surface area contributed by atoms with Crippen molar-refractivity contribution >= 4 is 29.3 Å². The van der Waals surface area contributed by atoms with Gasteiger partial charge < -0.3 is 19.2 Å². The maximum Gasteiger partial charge on any atom is 0.374 e. The molecule has 0 saturated heterocycles. The van der Waals surface area contributed by atoms with E-state index in [9.17, 15) is 9.59 Å². The monoisotopic (exact) mass is 349 g/mol. The van der Waals surface area contributed by atoms with Crippen LogP contribution in [0, 0.1) is 0 Å². The number of esters is 1. The normalized spacial score (nSPS) is 10.2. The number of amides is 1. The van der Waals surface area contributed by atoms with Gasteiger partial charge in [0, 0.05) is 5.69 Å². The molecule has 0 aliphatic rings. The average molecular weight is 349 g/mol. The lowest BCUT2D eigenvalue weighted by atomic mass is 10.3. The summed E-state index contributed by atoms with van der Waals surface area (Å²) in [6, 6.07) is 10.4. The molecule has 2 aromatic rings. The molecule has 1 aromatic heterocycles. The Balaban J connectivity index is 1.75. The van der Waals surface area contributed by atoms with Gasteiger partial charge in [0.1, 0.15) is 11.5 Å². The molecule has 1 heterocycles. The molecular formula is C17H19NO5S. The van der Waals surface area contributed by atoms with E-state index < -0.39 is 5.97 Å². The van der Waals surface area contributed by atoms with Crippen molar-refractivity contribution < 1.29 is 23.5 Å². The number of anilines is 1. The van der Waals surface area contributed by atoms with E-state index in [4.69, 9.17) is 13.9 Å². The molecule has 7 heteroatoms. The largest absolute Gasteiger partial charge is 0.497 e. The van der Waals surface area contributed by atoms with Gasteiger partial charge in [-0.2, -0.15) is 0 Å². The van der Waals surface area contributed by atoms with E-state index in [0.717, 1.165) is 5.75 Å². The highest BCUT2D eigenvalue weighted by molar-refractivity contribution is 7.99. The molecule has 0 aliphatic carbocycles. The number of nitrogens with one attached hydrogen (secondary N) is 1. The zero-order chi connectivity index (χ0) is 17.4. The molecule has 0 unspecified atom stereocenters. The molecule has 0 radical (unpaired) electrons. The summed E-state index contributed by atoms with van der Waals surface area (Å²) in [6.45, 7) is 2.04. The first-order valence-electron chi connectivity index (χ1n) is 7.40. The second-order valence-corrected chi connectivity index (χ2v) is 5.74. The second kappa shape index (κ2) is 9.02. The molecule has 1 N–H and O–H groups in total. The van der Waals surface area contributed by atoms with Crippen LogP contribution in [-0.4, -0.2) is 31.3 Å². The quantitative estimate of drug-likeness (QED) is 0.737. The average Bonchev–Trinajstić information content (AvgIpc) is 3.05. The van der Waals surface area contributed by atoms with Crippen LogP contribution in [0.15, 0.2) is 40.8 Å². The number of methoxy groups -OCH3 is 1. The summed E-state index contributed by atoms with van der Waals surface area (Å²) < 4.78 is 15.3. The van der Waals surface area contributed by atoms with Crippen LogP contribution in [0.3, 0.4) is 0 Å². The fraction of sp³-hybridized carbons (Fsp3) is 0.294. The van der Waals surface area contributed by atoms with Gasteiger partial charge in [-0.25, -0.2) is 4.79 Å². The molecular weight excluding hydrogens is 330 g/mol. The number of hydrogen-bond donors (Lipinski definition) is 1. The highest BCUT2D eigenvalue weighted by Gasteiger charge is 2.12. The smallest absolute Gasteiger partial charge is 0.374 e. The second-order valence-electron chi connectivity index (χ2n) is 4.76. The third kappa shape index (κ3) is 5.34. The minimum atomic E-state index is -0.481. The van der Waals surface area contributed by atoms with Crippen LogP contribution < -0.4 is 10.1 Å². The van der Waals surface area contributed by atoms with Gasteiger partial charge in [0.25, 0.3) is 0 Å². The fourth-order valence-electron chi connectivity index (χ4n) is 1.88. The molecule has 6 nitrogen and oxygen atoms in total. The third-order valence-corrected chi connectivity index (χ3v) is 3.94. The molecule has 0 spiro atoms. The van der Waals surface area contributed by atoms with Crippen LogP contribution >= 0.6 is 11.8 Å². The van der Waals surface area contributed by atoms with Crippen molar-refractivity contribution in [3.05, 3.63) is 47.9 Å². The van der Waals surface area contributed by atoms with Crippen molar-refractivity contribution in [1.29, 1.82) is 0 Å².